The number of carbonyl (C=O) groups excluding carboxylic acids is 1. The van der Waals surface area contributed by atoms with Gasteiger partial charge in [0, 0.05) is 12.6 Å². The van der Waals surface area contributed by atoms with Gasteiger partial charge in [0.1, 0.15) is 5.60 Å². The molecular formula is C17H30N2O4. The van der Waals surface area contributed by atoms with Crippen LogP contribution >= 0.6 is 0 Å². The highest BCUT2D eigenvalue weighted by Gasteiger charge is 2.37. The van der Waals surface area contributed by atoms with Crippen LogP contribution in [0.15, 0.2) is 0 Å². The van der Waals surface area contributed by atoms with Crippen LogP contribution in [0.4, 0.5) is 4.79 Å². The molecule has 0 bridgehead atoms. The lowest BCUT2D eigenvalue weighted by molar-refractivity contribution is -0.144. The first-order valence-corrected chi connectivity index (χ1v) is 8.69. The summed E-state index contributed by atoms with van der Waals surface area (Å²) < 4.78 is 5.52. The van der Waals surface area contributed by atoms with Gasteiger partial charge in [-0.3, -0.25) is 4.79 Å². The van der Waals surface area contributed by atoms with E-state index in [0.717, 1.165) is 32.4 Å². The van der Waals surface area contributed by atoms with Gasteiger partial charge in [-0.05, 0) is 71.9 Å². The molecule has 23 heavy (non-hydrogen) atoms. The zero-order chi connectivity index (χ0) is 17.0. The standard InChI is InChI=1S/C17H30N2O4/c1-17(2,3)23-16(22)19-9-6-13(15(20)21)11-14(19)10-12-4-7-18-8-5-12/h12-14,18H,4-11H2,1-3H3,(H,20,21)/t13-,14-/m0/s1. The first-order chi connectivity index (χ1) is 10.8. The van der Waals surface area contributed by atoms with Gasteiger partial charge < -0.3 is 20.1 Å². The molecule has 0 saturated carbocycles. The Hall–Kier alpha value is -1.30. The number of hydrogen-bond donors (Lipinski definition) is 2. The predicted molar refractivity (Wildman–Crippen MR) is 87.3 cm³/mol. The molecule has 1 amide bonds. The smallest absolute Gasteiger partial charge is 0.410 e. The van der Waals surface area contributed by atoms with Crippen LogP contribution in [0.3, 0.4) is 0 Å². The van der Waals surface area contributed by atoms with E-state index in [2.05, 4.69) is 5.32 Å². The van der Waals surface area contributed by atoms with Crippen molar-refractivity contribution in [3.8, 4) is 0 Å². The van der Waals surface area contributed by atoms with Crippen molar-refractivity contribution in [3.63, 3.8) is 0 Å². The van der Waals surface area contributed by atoms with E-state index in [0.29, 0.717) is 25.3 Å². The molecule has 2 fully saturated rings. The van der Waals surface area contributed by atoms with Crippen LogP contribution in [-0.2, 0) is 9.53 Å². The number of nitrogens with zero attached hydrogens (tertiary/aromatic N) is 1. The van der Waals surface area contributed by atoms with Crippen molar-refractivity contribution in [3.05, 3.63) is 0 Å². The number of amides is 1. The Morgan fingerprint density at radius 3 is 2.43 bits per heavy atom. The summed E-state index contributed by atoms with van der Waals surface area (Å²) in [5.74, 6) is -0.539. The molecule has 0 unspecified atom stereocenters. The second-order valence-electron chi connectivity index (χ2n) is 7.82. The summed E-state index contributed by atoms with van der Waals surface area (Å²) in [6, 6.07) is -0.0252. The number of carboxylic acids is 1. The van der Waals surface area contributed by atoms with Crippen molar-refractivity contribution >= 4 is 12.1 Å². The molecule has 0 radical (unpaired) electrons. The zero-order valence-electron chi connectivity index (χ0n) is 14.5. The van der Waals surface area contributed by atoms with Crippen molar-refractivity contribution in [1.29, 1.82) is 0 Å². The number of rotatable bonds is 3. The van der Waals surface area contributed by atoms with Crippen molar-refractivity contribution in [2.45, 2.75) is 64.5 Å². The van der Waals surface area contributed by atoms with E-state index in [1.165, 1.54) is 0 Å². The van der Waals surface area contributed by atoms with Crippen LogP contribution in [0.2, 0.25) is 0 Å². The van der Waals surface area contributed by atoms with Crippen LogP contribution < -0.4 is 5.32 Å². The monoisotopic (exact) mass is 326 g/mol. The van der Waals surface area contributed by atoms with Gasteiger partial charge in [-0.25, -0.2) is 4.79 Å². The van der Waals surface area contributed by atoms with Gasteiger partial charge in [-0.2, -0.15) is 0 Å². The minimum Gasteiger partial charge on any atom is -0.481 e. The van der Waals surface area contributed by atoms with Gasteiger partial charge >= 0.3 is 12.1 Å². The number of hydrogen-bond acceptors (Lipinski definition) is 4. The van der Waals surface area contributed by atoms with Crippen LogP contribution in [0.1, 0.15) is 52.9 Å². The minimum atomic E-state index is -0.746. The Bertz CT molecular complexity index is 427. The first kappa shape index (κ1) is 18.0. The number of piperidine rings is 2. The lowest BCUT2D eigenvalue weighted by Gasteiger charge is -2.40. The lowest BCUT2D eigenvalue weighted by Crippen LogP contribution is -2.50. The Labute approximate surface area is 138 Å². The largest absolute Gasteiger partial charge is 0.481 e. The number of nitrogens with one attached hydrogen (secondary N) is 1. The first-order valence-electron chi connectivity index (χ1n) is 8.69. The Morgan fingerprint density at radius 1 is 1.22 bits per heavy atom. The van der Waals surface area contributed by atoms with E-state index in [4.69, 9.17) is 4.74 Å². The number of aliphatic carboxylic acids is 1. The van der Waals surface area contributed by atoms with Gasteiger partial charge in [0.25, 0.3) is 0 Å². The van der Waals surface area contributed by atoms with Gasteiger partial charge in [-0.1, -0.05) is 0 Å². The SMILES string of the molecule is CC(C)(C)OC(=O)N1CC[C@H](C(=O)O)C[C@@H]1CC1CCNCC1. The van der Waals surface area contributed by atoms with Crippen molar-refractivity contribution in [1.82, 2.24) is 10.2 Å². The predicted octanol–water partition coefficient (Wildman–Crippen LogP) is 2.48. The third-order valence-corrected chi connectivity index (χ3v) is 4.76. The molecule has 6 heteroatoms. The van der Waals surface area contributed by atoms with E-state index in [1.807, 2.05) is 20.8 Å². The highest BCUT2D eigenvalue weighted by atomic mass is 16.6. The molecular weight excluding hydrogens is 296 g/mol. The summed E-state index contributed by atoms with van der Waals surface area (Å²) in [5, 5.41) is 12.7. The maximum atomic E-state index is 12.5. The summed E-state index contributed by atoms with van der Waals surface area (Å²) in [6.07, 6.45) is 3.81. The summed E-state index contributed by atoms with van der Waals surface area (Å²) in [5.41, 5.74) is -0.528. The highest BCUT2D eigenvalue weighted by Crippen LogP contribution is 2.31. The van der Waals surface area contributed by atoms with E-state index in [1.54, 1.807) is 4.90 Å². The number of likely N-dealkylation sites (tertiary alicyclic amines) is 1. The second-order valence-corrected chi connectivity index (χ2v) is 7.82. The topological polar surface area (TPSA) is 78.9 Å². The normalized spacial score (nSPS) is 26.8. The Morgan fingerprint density at radius 2 is 1.87 bits per heavy atom. The molecule has 0 aromatic rings. The number of ether oxygens (including phenoxy) is 1. The van der Waals surface area contributed by atoms with E-state index in [9.17, 15) is 14.7 Å². The second kappa shape index (κ2) is 7.51. The molecule has 132 valence electrons. The number of carboxylic acid groups (broad SMARTS) is 1. The summed E-state index contributed by atoms with van der Waals surface area (Å²) in [7, 11) is 0. The third-order valence-electron chi connectivity index (χ3n) is 4.76. The molecule has 2 rings (SSSR count). The van der Waals surface area contributed by atoms with Gasteiger partial charge in [-0.15, -0.1) is 0 Å². The molecule has 0 aromatic heterocycles. The molecule has 0 aliphatic carbocycles. The quantitative estimate of drug-likeness (QED) is 0.833. The molecule has 2 aliphatic rings. The van der Waals surface area contributed by atoms with Crippen molar-refractivity contribution in [2.24, 2.45) is 11.8 Å². The maximum absolute atomic E-state index is 12.5. The summed E-state index contributed by atoms with van der Waals surface area (Å²) >= 11 is 0. The minimum absolute atomic E-state index is 0.0252. The Balaban J connectivity index is 2.04. The number of carbonyl (C=O) groups is 2. The van der Waals surface area contributed by atoms with Crippen LogP contribution in [-0.4, -0.2) is 53.3 Å². The van der Waals surface area contributed by atoms with E-state index < -0.39 is 11.6 Å². The third kappa shape index (κ3) is 5.37. The fourth-order valence-corrected chi connectivity index (χ4v) is 3.56. The molecule has 0 aromatic carbocycles. The average molecular weight is 326 g/mol. The van der Waals surface area contributed by atoms with Crippen molar-refractivity contribution < 1.29 is 19.4 Å². The van der Waals surface area contributed by atoms with Gasteiger partial charge in [0.15, 0.2) is 0 Å². The molecule has 2 saturated heterocycles. The maximum Gasteiger partial charge on any atom is 0.410 e. The van der Waals surface area contributed by atoms with Gasteiger partial charge in [0.05, 0.1) is 5.92 Å². The van der Waals surface area contributed by atoms with Crippen molar-refractivity contribution in [2.75, 3.05) is 19.6 Å². The van der Waals surface area contributed by atoms with Gasteiger partial charge in [0.2, 0.25) is 0 Å². The Kier molecular flexibility index (Phi) is 5.89. The molecule has 6 nitrogen and oxygen atoms in total. The molecule has 0 spiro atoms. The molecule has 2 N–H and O–H groups in total. The summed E-state index contributed by atoms with van der Waals surface area (Å²) in [6.45, 7) is 8.06. The fraction of sp³-hybridized carbons (Fsp3) is 0.882. The van der Waals surface area contributed by atoms with Crippen LogP contribution in [0.5, 0.6) is 0 Å². The molecule has 2 heterocycles. The van der Waals surface area contributed by atoms with Crippen LogP contribution in [0, 0.1) is 11.8 Å². The lowest BCUT2D eigenvalue weighted by atomic mass is 9.83. The highest BCUT2D eigenvalue weighted by molar-refractivity contribution is 5.72. The van der Waals surface area contributed by atoms with E-state index in [-0.39, 0.29) is 18.1 Å². The van der Waals surface area contributed by atoms with Crippen LogP contribution in [0.25, 0.3) is 0 Å². The average Bonchev–Trinajstić information content (AvgIpc) is 2.46. The van der Waals surface area contributed by atoms with E-state index >= 15 is 0 Å². The molecule has 2 aliphatic heterocycles. The summed E-state index contributed by atoms with van der Waals surface area (Å²) in [4.78, 5) is 25.6. The molecule has 2 atom stereocenters. The zero-order valence-corrected chi connectivity index (χ0v) is 14.5. The fourth-order valence-electron chi connectivity index (χ4n) is 3.56.